The van der Waals surface area contributed by atoms with Crippen LogP contribution in [-0.2, 0) is 6.42 Å². The minimum atomic E-state index is 0.275. The second kappa shape index (κ2) is 4.93. The van der Waals surface area contributed by atoms with Gasteiger partial charge in [0.2, 0.25) is 0 Å². The van der Waals surface area contributed by atoms with Gasteiger partial charge in [-0.05, 0) is 24.5 Å². The second-order valence-electron chi connectivity index (χ2n) is 5.95. The van der Waals surface area contributed by atoms with Crippen LogP contribution < -0.4 is 5.32 Å². The second-order valence-corrected chi connectivity index (χ2v) is 5.95. The van der Waals surface area contributed by atoms with Crippen LogP contribution in [0.25, 0.3) is 0 Å². The van der Waals surface area contributed by atoms with Crippen LogP contribution in [0.5, 0.6) is 0 Å². The van der Waals surface area contributed by atoms with Crippen molar-refractivity contribution in [2.45, 2.75) is 50.6 Å². The Morgan fingerprint density at radius 1 is 1.10 bits per heavy atom. The minimum absolute atomic E-state index is 0.275. The van der Waals surface area contributed by atoms with E-state index in [1.54, 1.807) is 0 Å². The molecule has 2 aromatic rings. The molecule has 0 spiro atoms. The number of para-hydroxylation sites is 1. The number of fused-ring (bicyclic) bond motifs is 1. The predicted molar refractivity (Wildman–Crippen MR) is 78.7 cm³/mol. The molecular formula is C16H20N4. The molecule has 1 unspecified atom stereocenters. The van der Waals surface area contributed by atoms with Gasteiger partial charge in [0.25, 0.3) is 0 Å². The monoisotopic (exact) mass is 268 g/mol. The average molecular weight is 268 g/mol. The SMILES string of the molecule is c1ccc2c(c1)CC(c1nncn1C1CCCCC1)N2. The summed E-state index contributed by atoms with van der Waals surface area (Å²) in [4.78, 5) is 0. The van der Waals surface area contributed by atoms with E-state index in [1.165, 1.54) is 43.4 Å². The summed E-state index contributed by atoms with van der Waals surface area (Å²) in [6.45, 7) is 0. The molecule has 1 fully saturated rings. The molecular weight excluding hydrogens is 248 g/mol. The molecule has 1 saturated carbocycles. The molecule has 1 aromatic carbocycles. The molecule has 4 heteroatoms. The first-order chi connectivity index (χ1) is 9.92. The van der Waals surface area contributed by atoms with Gasteiger partial charge < -0.3 is 9.88 Å². The maximum Gasteiger partial charge on any atom is 0.155 e. The lowest BCUT2D eigenvalue weighted by molar-refractivity contribution is 0.342. The smallest absolute Gasteiger partial charge is 0.155 e. The van der Waals surface area contributed by atoms with E-state index in [9.17, 15) is 0 Å². The molecule has 0 amide bonds. The maximum atomic E-state index is 4.41. The Hall–Kier alpha value is -1.84. The Balaban J connectivity index is 1.60. The highest BCUT2D eigenvalue weighted by Gasteiger charge is 2.28. The molecule has 4 rings (SSSR count). The summed E-state index contributed by atoms with van der Waals surface area (Å²) < 4.78 is 2.32. The van der Waals surface area contributed by atoms with Crippen molar-refractivity contribution in [1.29, 1.82) is 0 Å². The fourth-order valence-electron chi connectivity index (χ4n) is 3.60. The number of nitrogens with one attached hydrogen (secondary N) is 1. The van der Waals surface area contributed by atoms with E-state index in [2.05, 4.69) is 44.3 Å². The standard InChI is InChI=1S/C16H20N4/c1-2-7-13(8-3-1)20-11-17-19-16(20)15-10-12-6-4-5-9-14(12)18-15/h4-6,9,11,13,15,18H,1-3,7-8,10H2. The van der Waals surface area contributed by atoms with E-state index < -0.39 is 0 Å². The summed E-state index contributed by atoms with van der Waals surface area (Å²) in [5.41, 5.74) is 2.63. The summed E-state index contributed by atoms with van der Waals surface area (Å²) in [6.07, 6.45) is 9.52. The van der Waals surface area contributed by atoms with Gasteiger partial charge in [-0.1, -0.05) is 37.5 Å². The molecule has 1 atom stereocenters. The first-order valence-electron chi connectivity index (χ1n) is 7.65. The summed E-state index contributed by atoms with van der Waals surface area (Å²) in [5, 5.41) is 12.2. The third-order valence-electron chi connectivity index (χ3n) is 4.65. The van der Waals surface area contributed by atoms with Crippen LogP contribution in [0.4, 0.5) is 5.69 Å². The Labute approximate surface area is 119 Å². The molecule has 1 N–H and O–H groups in total. The van der Waals surface area contributed by atoms with Crippen molar-refractivity contribution in [3.8, 4) is 0 Å². The predicted octanol–water partition coefficient (Wildman–Crippen LogP) is 3.49. The highest BCUT2D eigenvalue weighted by molar-refractivity contribution is 5.57. The molecule has 4 nitrogen and oxygen atoms in total. The molecule has 0 bridgehead atoms. The van der Waals surface area contributed by atoms with Crippen LogP contribution in [0.1, 0.15) is 55.6 Å². The average Bonchev–Trinajstić information content (AvgIpc) is 3.14. The molecule has 104 valence electrons. The zero-order valence-corrected chi connectivity index (χ0v) is 11.6. The normalized spacial score (nSPS) is 22.5. The Morgan fingerprint density at radius 3 is 2.80 bits per heavy atom. The lowest BCUT2D eigenvalue weighted by atomic mass is 9.95. The number of nitrogens with zero attached hydrogens (tertiary/aromatic N) is 3. The molecule has 1 aliphatic carbocycles. The van der Waals surface area contributed by atoms with Gasteiger partial charge in [0.05, 0.1) is 6.04 Å². The van der Waals surface area contributed by atoms with Gasteiger partial charge in [0.1, 0.15) is 6.33 Å². The van der Waals surface area contributed by atoms with Gasteiger partial charge >= 0.3 is 0 Å². The summed E-state index contributed by atoms with van der Waals surface area (Å²) >= 11 is 0. The summed E-state index contributed by atoms with van der Waals surface area (Å²) in [6, 6.07) is 9.41. The molecule has 0 saturated heterocycles. The topological polar surface area (TPSA) is 42.7 Å². The van der Waals surface area contributed by atoms with Crippen molar-refractivity contribution in [3.05, 3.63) is 42.0 Å². The van der Waals surface area contributed by atoms with Gasteiger partial charge in [-0.3, -0.25) is 0 Å². The lowest BCUT2D eigenvalue weighted by Crippen LogP contribution is -2.19. The Kier molecular flexibility index (Phi) is 2.94. The Morgan fingerprint density at radius 2 is 1.95 bits per heavy atom. The van der Waals surface area contributed by atoms with Gasteiger partial charge in [-0.25, -0.2) is 0 Å². The van der Waals surface area contributed by atoms with Crippen LogP contribution in [0.3, 0.4) is 0 Å². The van der Waals surface area contributed by atoms with E-state index in [4.69, 9.17) is 0 Å². The number of anilines is 1. The summed E-state index contributed by atoms with van der Waals surface area (Å²) in [7, 11) is 0. The third kappa shape index (κ3) is 1.99. The molecule has 1 aliphatic heterocycles. The van der Waals surface area contributed by atoms with Gasteiger partial charge in [0, 0.05) is 18.2 Å². The van der Waals surface area contributed by atoms with Gasteiger partial charge in [-0.2, -0.15) is 0 Å². The number of rotatable bonds is 2. The van der Waals surface area contributed by atoms with Gasteiger partial charge in [-0.15, -0.1) is 10.2 Å². The van der Waals surface area contributed by atoms with Crippen molar-refractivity contribution in [3.63, 3.8) is 0 Å². The van der Waals surface area contributed by atoms with Crippen molar-refractivity contribution in [2.75, 3.05) is 5.32 Å². The molecule has 2 heterocycles. The molecule has 20 heavy (non-hydrogen) atoms. The highest BCUT2D eigenvalue weighted by atomic mass is 15.3. The molecule has 1 aromatic heterocycles. The van der Waals surface area contributed by atoms with Crippen LogP contribution >= 0.6 is 0 Å². The van der Waals surface area contributed by atoms with E-state index >= 15 is 0 Å². The van der Waals surface area contributed by atoms with Crippen molar-refractivity contribution in [2.24, 2.45) is 0 Å². The van der Waals surface area contributed by atoms with E-state index in [0.717, 1.165) is 12.2 Å². The van der Waals surface area contributed by atoms with Crippen molar-refractivity contribution >= 4 is 5.69 Å². The fraction of sp³-hybridized carbons (Fsp3) is 0.500. The number of aromatic nitrogens is 3. The minimum Gasteiger partial charge on any atom is -0.375 e. The van der Waals surface area contributed by atoms with E-state index in [1.807, 2.05) is 6.33 Å². The lowest BCUT2D eigenvalue weighted by Gasteiger charge is -2.25. The first kappa shape index (κ1) is 11.9. The van der Waals surface area contributed by atoms with Crippen LogP contribution in [0.15, 0.2) is 30.6 Å². The van der Waals surface area contributed by atoms with Crippen molar-refractivity contribution < 1.29 is 0 Å². The fourth-order valence-corrected chi connectivity index (χ4v) is 3.60. The van der Waals surface area contributed by atoms with Crippen molar-refractivity contribution in [1.82, 2.24) is 14.8 Å². The Bertz CT molecular complexity index is 573. The zero-order chi connectivity index (χ0) is 13.4. The van der Waals surface area contributed by atoms with Crippen LogP contribution in [-0.4, -0.2) is 14.8 Å². The summed E-state index contributed by atoms with van der Waals surface area (Å²) in [5.74, 6) is 1.10. The number of hydrogen-bond donors (Lipinski definition) is 1. The van der Waals surface area contributed by atoms with E-state index in [0.29, 0.717) is 6.04 Å². The van der Waals surface area contributed by atoms with Gasteiger partial charge in [0.15, 0.2) is 5.82 Å². The largest absolute Gasteiger partial charge is 0.375 e. The van der Waals surface area contributed by atoms with Crippen LogP contribution in [0.2, 0.25) is 0 Å². The maximum absolute atomic E-state index is 4.41. The zero-order valence-electron chi connectivity index (χ0n) is 11.6. The van der Waals surface area contributed by atoms with E-state index in [-0.39, 0.29) is 6.04 Å². The number of hydrogen-bond acceptors (Lipinski definition) is 3. The number of benzene rings is 1. The molecule has 2 aliphatic rings. The third-order valence-corrected chi connectivity index (χ3v) is 4.65. The van der Waals surface area contributed by atoms with Crippen LogP contribution in [0, 0.1) is 0 Å². The molecule has 0 radical (unpaired) electrons. The highest BCUT2D eigenvalue weighted by Crippen LogP contribution is 2.36. The quantitative estimate of drug-likeness (QED) is 0.906. The first-order valence-corrected chi connectivity index (χ1v) is 7.65.